The number of para-hydroxylation sites is 1. The molecule has 2 atom stereocenters. The van der Waals surface area contributed by atoms with E-state index in [0.29, 0.717) is 18.1 Å². The van der Waals surface area contributed by atoms with Crippen LogP contribution in [0.5, 0.6) is 0 Å². The van der Waals surface area contributed by atoms with Crippen LogP contribution in [0, 0.1) is 6.92 Å². The summed E-state index contributed by atoms with van der Waals surface area (Å²) in [6.07, 6.45) is 2.31. The van der Waals surface area contributed by atoms with Gasteiger partial charge in [-0.3, -0.25) is 0 Å². The summed E-state index contributed by atoms with van der Waals surface area (Å²) >= 11 is 0. The van der Waals surface area contributed by atoms with Crippen molar-refractivity contribution in [3.8, 4) is 0 Å². The number of aromatic nitrogens is 2. The fourth-order valence-corrected chi connectivity index (χ4v) is 2.87. The van der Waals surface area contributed by atoms with Crippen molar-refractivity contribution in [2.75, 3.05) is 12.3 Å². The van der Waals surface area contributed by atoms with Gasteiger partial charge in [-0.25, -0.2) is 4.98 Å². The van der Waals surface area contributed by atoms with Crippen molar-refractivity contribution in [3.05, 3.63) is 23.8 Å². The van der Waals surface area contributed by atoms with Gasteiger partial charge in [-0.2, -0.15) is 0 Å². The minimum atomic E-state index is 0.297. The maximum absolute atomic E-state index is 6.11. The van der Waals surface area contributed by atoms with E-state index in [1.807, 2.05) is 0 Å². The zero-order chi connectivity index (χ0) is 12.7. The molecule has 0 spiro atoms. The van der Waals surface area contributed by atoms with E-state index in [9.17, 15) is 0 Å². The Morgan fingerprint density at radius 1 is 1.44 bits per heavy atom. The summed E-state index contributed by atoms with van der Waals surface area (Å²) in [7, 11) is 0. The lowest BCUT2D eigenvalue weighted by atomic mass is 10.0. The fraction of sp³-hybridized carbons (Fsp3) is 0.500. The number of ether oxygens (including phenoxy) is 1. The highest BCUT2D eigenvalue weighted by molar-refractivity contribution is 5.81. The van der Waals surface area contributed by atoms with Gasteiger partial charge in [0.05, 0.1) is 17.1 Å². The third kappa shape index (κ3) is 1.77. The van der Waals surface area contributed by atoms with Crippen molar-refractivity contribution in [2.24, 2.45) is 0 Å². The first-order chi connectivity index (χ1) is 8.66. The Bertz CT molecular complexity index is 576. The van der Waals surface area contributed by atoms with E-state index in [0.717, 1.165) is 30.5 Å². The number of benzene rings is 1. The highest BCUT2D eigenvalue weighted by atomic mass is 16.5. The van der Waals surface area contributed by atoms with Gasteiger partial charge in [0.1, 0.15) is 0 Å². The topological polar surface area (TPSA) is 53.1 Å². The summed E-state index contributed by atoms with van der Waals surface area (Å²) in [6, 6.07) is 6.65. The van der Waals surface area contributed by atoms with E-state index in [2.05, 4.69) is 41.6 Å². The lowest BCUT2D eigenvalue weighted by Crippen LogP contribution is -2.26. The van der Waals surface area contributed by atoms with E-state index >= 15 is 0 Å². The number of imidazole rings is 1. The van der Waals surface area contributed by atoms with Crippen LogP contribution in [0.25, 0.3) is 11.0 Å². The normalized spacial score (nSPS) is 24.6. The molecule has 0 bridgehead atoms. The fourth-order valence-electron chi connectivity index (χ4n) is 2.87. The molecule has 18 heavy (non-hydrogen) atoms. The van der Waals surface area contributed by atoms with Crippen molar-refractivity contribution in [2.45, 2.75) is 38.8 Å². The average Bonchev–Trinajstić information content (AvgIpc) is 2.67. The second kappa shape index (κ2) is 4.28. The van der Waals surface area contributed by atoms with Crippen molar-refractivity contribution in [1.29, 1.82) is 0 Å². The van der Waals surface area contributed by atoms with Crippen LogP contribution in [0.15, 0.2) is 18.2 Å². The van der Waals surface area contributed by atoms with Crippen LogP contribution >= 0.6 is 0 Å². The molecule has 1 aliphatic heterocycles. The number of nitrogen functional groups attached to an aromatic ring is 1. The van der Waals surface area contributed by atoms with Gasteiger partial charge in [-0.05, 0) is 38.3 Å². The van der Waals surface area contributed by atoms with Crippen LogP contribution in [-0.2, 0) is 4.74 Å². The zero-order valence-corrected chi connectivity index (χ0v) is 10.9. The highest BCUT2D eigenvalue weighted by Gasteiger charge is 2.24. The molecular formula is C14H19N3O. The lowest BCUT2D eigenvalue weighted by Gasteiger charge is -2.29. The third-order valence-electron chi connectivity index (χ3n) is 3.77. The Kier molecular flexibility index (Phi) is 2.74. The van der Waals surface area contributed by atoms with E-state index in [4.69, 9.17) is 10.5 Å². The number of hydrogen-bond acceptors (Lipinski definition) is 3. The number of fused-ring (bicyclic) bond motifs is 1. The summed E-state index contributed by atoms with van der Waals surface area (Å²) in [5, 5.41) is 0. The summed E-state index contributed by atoms with van der Waals surface area (Å²) in [5.41, 5.74) is 9.46. The van der Waals surface area contributed by atoms with Gasteiger partial charge in [0.2, 0.25) is 5.95 Å². The monoisotopic (exact) mass is 245 g/mol. The molecule has 4 heteroatoms. The quantitative estimate of drug-likeness (QED) is 0.840. The van der Waals surface area contributed by atoms with Gasteiger partial charge in [-0.15, -0.1) is 0 Å². The molecule has 3 rings (SSSR count). The van der Waals surface area contributed by atoms with Crippen LogP contribution in [-0.4, -0.2) is 22.3 Å². The molecule has 2 aromatic rings. The predicted octanol–water partition coefficient (Wildman–Crippen LogP) is 2.67. The number of aryl methyl sites for hydroxylation is 1. The van der Waals surface area contributed by atoms with Crippen LogP contribution < -0.4 is 5.73 Å². The molecule has 96 valence electrons. The third-order valence-corrected chi connectivity index (χ3v) is 3.77. The Morgan fingerprint density at radius 3 is 3.06 bits per heavy atom. The smallest absolute Gasteiger partial charge is 0.201 e. The average molecular weight is 245 g/mol. The van der Waals surface area contributed by atoms with Gasteiger partial charge in [0, 0.05) is 12.6 Å². The maximum Gasteiger partial charge on any atom is 0.201 e. The predicted molar refractivity (Wildman–Crippen MR) is 72.6 cm³/mol. The number of nitrogens with zero attached hydrogens (tertiary/aromatic N) is 2. The van der Waals surface area contributed by atoms with Crippen molar-refractivity contribution < 1.29 is 4.74 Å². The molecule has 0 radical (unpaired) electrons. The SMILES string of the molecule is Cc1cccc2c1nc(N)n2C1CCOC(C)C1. The van der Waals surface area contributed by atoms with E-state index < -0.39 is 0 Å². The molecule has 1 aromatic carbocycles. The Balaban J connectivity index is 2.10. The van der Waals surface area contributed by atoms with E-state index in [-0.39, 0.29) is 0 Å². The number of nitrogens with two attached hydrogens (primary N) is 1. The molecule has 0 saturated carbocycles. The van der Waals surface area contributed by atoms with Gasteiger partial charge in [-0.1, -0.05) is 12.1 Å². The minimum Gasteiger partial charge on any atom is -0.378 e. The van der Waals surface area contributed by atoms with Crippen molar-refractivity contribution in [1.82, 2.24) is 9.55 Å². The Labute approximate surface area is 107 Å². The molecule has 0 amide bonds. The van der Waals surface area contributed by atoms with Crippen LogP contribution in [0.3, 0.4) is 0 Å². The van der Waals surface area contributed by atoms with Gasteiger partial charge < -0.3 is 15.0 Å². The highest BCUT2D eigenvalue weighted by Crippen LogP contribution is 2.32. The Hall–Kier alpha value is -1.55. The summed E-state index contributed by atoms with van der Waals surface area (Å²) in [6.45, 7) is 5.00. The largest absolute Gasteiger partial charge is 0.378 e. The minimum absolute atomic E-state index is 0.297. The van der Waals surface area contributed by atoms with Crippen LogP contribution in [0.4, 0.5) is 5.95 Å². The zero-order valence-electron chi connectivity index (χ0n) is 10.9. The van der Waals surface area contributed by atoms with Crippen LogP contribution in [0.2, 0.25) is 0 Å². The molecular weight excluding hydrogens is 226 g/mol. The molecule has 2 unspecified atom stereocenters. The van der Waals surface area contributed by atoms with Gasteiger partial charge in [0.15, 0.2) is 0 Å². The van der Waals surface area contributed by atoms with Crippen molar-refractivity contribution in [3.63, 3.8) is 0 Å². The molecule has 0 aliphatic carbocycles. The first kappa shape index (κ1) is 11.5. The van der Waals surface area contributed by atoms with Gasteiger partial charge >= 0.3 is 0 Å². The molecule has 1 saturated heterocycles. The number of rotatable bonds is 1. The molecule has 1 aliphatic rings. The standard InChI is InChI=1S/C14H19N3O/c1-9-4-3-5-12-13(9)16-14(15)17(12)11-6-7-18-10(2)8-11/h3-5,10-11H,6-8H2,1-2H3,(H2,15,16). The molecule has 2 heterocycles. The lowest BCUT2D eigenvalue weighted by molar-refractivity contribution is 0.00714. The second-order valence-corrected chi connectivity index (χ2v) is 5.14. The molecule has 1 fully saturated rings. The first-order valence-corrected chi connectivity index (χ1v) is 6.51. The summed E-state index contributed by atoms with van der Waals surface area (Å²) in [4.78, 5) is 4.51. The van der Waals surface area contributed by atoms with E-state index in [1.165, 1.54) is 5.56 Å². The molecule has 2 N–H and O–H groups in total. The number of anilines is 1. The Morgan fingerprint density at radius 2 is 2.28 bits per heavy atom. The van der Waals surface area contributed by atoms with E-state index in [1.54, 1.807) is 0 Å². The van der Waals surface area contributed by atoms with Crippen LogP contribution in [0.1, 0.15) is 31.4 Å². The molecule has 4 nitrogen and oxygen atoms in total. The number of hydrogen-bond donors (Lipinski definition) is 1. The van der Waals surface area contributed by atoms with Crippen molar-refractivity contribution >= 4 is 17.0 Å². The maximum atomic E-state index is 6.11. The van der Waals surface area contributed by atoms with Gasteiger partial charge in [0.25, 0.3) is 0 Å². The first-order valence-electron chi connectivity index (χ1n) is 6.51. The molecule has 1 aromatic heterocycles. The summed E-state index contributed by atoms with van der Waals surface area (Å²) < 4.78 is 7.79. The second-order valence-electron chi connectivity index (χ2n) is 5.14. The summed E-state index contributed by atoms with van der Waals surface area (Å²) in [5.74, 6) is 0.624.